The predicted molar refractivity (Wildman–Crippen MR) is 129 cm³/mol. The summed E-state index contributed by atoms with van der Waals surface area (Å²) in [5, 5.41) is 12.3. The molecular formula is C27H30N4. The van der Waals surface area contributed by atoms with E-state index < -0.39 is 0 Å². The Hall–Kier alpha value is -3.24. The van der Waals surface area contributed by atoms with Gasteiger partial charge in [-0.1, -0.05) is 43.0 Å². The zero-order valence-corrected chi connectivity index (χ0v) is 18.6. The molecule has 4 nitrogen and oxygen atoms in total. The monoisotopic (exact) mass is 410 g/mol. The molecule has 0 fully saturated rings. The molecule has 31 heavy (non-hydrogen) atoms. The lowest BCUT2D eigenvalue weighted by Crippen LogP contribution is -2.32. The zero-order valence-electron chi connectivity index (χ0n) is 18.6. The van der Waals surface area contributed by atoms with Gasteiger partial charge < -0.3 is 10.2 Å². The molecule has 0 saturated carbocycles. The molecule has 2 aromatic carbocycles. The number of nitrogens with one attached hydrogen (secondary N) is 2. The van der Waals surface area contributed by atoms with Crippen LogP contribution in [0.4, 0.5) is 0 Å². The molecule has 0 atom stereocenters. The maximum atomic E-state index is 8.81. The average Bonchev–Trinajstić information content (AvgIpc) is 3.15. The van der Waals surface area contributed by atoms with E-state index >= 15 is 0 Å². The molecule has 2 N–H and O–H groups in total. The van der Waals surface area contributed by atoms with Gasteiger partial charge in [0, 0.05) is 36.1 Å². The van der Waals surface area contributed by atoms with Gasteiger partial charge in [0.1, 0.15) is 0 Å². The van der Waals surface area contributed by atoms with Crippen LogP contribution in [-0.2, 0) is 19.4 Å². The summed E-state index contributed by atoms with van der Waals surface area (Å²) < 4.78 is 0. The number of hydrogen-bond acceptors (Lipinski definition) is 4. The van der Waals surface area contributed by atoms with E-state index in [0.717, 1.165) is 41.6 Å². The van der Waals surface area contributed by atoms with E-state index in [0.29, 0.717) is 17.5 Å². The van der Waals surface area contributed by atoms with Crippen molar-refractivity contribution in [3.8, 4) is 11.1 Å². The molecule has 4 rings (SSSR count). The van der Waals surface area contributed by atoms with Crippen LogP contribution in [0.5, 0.6) is 0 Å². The number of aromatic nitrogens is 1. The Balaban J connectivity index is 1.52. The van der Waals surface area contributed by atoms with E-state index in [9.17, 15) is 0 Å². The lowest BCUT2D eigenvalue weighted by Gasteiger charge is -2.18. The van der Waals surface area contributed by atoms with Gasteiger partial charge in [-0.15, -0.1) is 0 Å². The van der Waals surface area contributed by atoms with Crippen LogP contribution in [0, 0.1) is 12.3 Å². The number of fused-ring (bicyclic) bond motifs is 1. The van der Waals surface area contributed by atoms with Gasteiger partial charge in [0.2, 0.25) is 0 Å². The number of allylic oxidation sites excluding steroid dienone is 1. The lowest BCUT2D eigenvalue weighted by molar-refractivity contribution is 0.402. The molecule has 158 valence electrons. The first-order valence-corrected chi connectivity index (χ1v) is 10.7. The first-order chi connectivity index (χ1) is 14.9. The third kappa shape index (κ3) is 4.75. The Bertz CT molecular complexity index is 1100. The van der Waals surface area contributed by atoms with Crippen LogP contribution in [0.15, 0.2) is 73.2 Å². The molecule has 3 aromatic rings. The van der Waals surface area contributed by atoms with Gasteiger partial charge in [-0.2, -0.15) is 0 Å². The van der Waals surface area contributed by atoms with Crippen LogP contribution in [0.25, 0.3) is 11.1 Å². The summed E-state index contributed by atoms with van der Waals surface area (Å²) >= 11 is 0. The normalized spacial score (nSPS) is 13.3. The summed E-state index contributed by atoms with van der Waals surface area (Å²) in [7, 11) is 4.11. The van der Waals surface area contributed by atoms with Crippen LogP contribution >= 0.6 is 0 Å². The van der Waals surface area contributed by atoms with Crippen molar-refractivity contribution in [1.82, 2.24) is 15.2 Å². The molecule has 4 heteroatoms. The Labute approximate surface area is 185 Å². The number of benzene rings is 2. The lowest BCUT2D eigenvalue weighted by atomic mass is 9.96. The molecule has 0 aliphatic heterocycles. The fourth-order valence-electron chi connectivity index (χ4n) is 4.31. The number of pyridine rings is 1. The van der Waals surface area contributed by atoms with Crippen LogP contribution in [0.1, 0.15) is 27.8 Å². The number of rotatable bonds is 7. The SMILES string of the molecule is C=C(NC1Cc2ccccc2C1)C(=N)c1cc(-c2cncc(CN(C)C)c2)ccc1C. The third-order valence-corrected chi connectivity index (χ3v) is 5.87. The van der Waals surface area contributed by atoms with Crippen LogP contribution < -0.4 is 5.32 Å². The van der Waals surface area contributed by atoms with Crippen molar-refractivity contribution in [2.75, 3.05) is 14.1 Å². The fraction of sp³-hybridized carbons (Fsp3) is 0.259. The summed E-state index contributed by atoms with van der Waals surface area (Å²) in [4.78, 5) is 6.56. The average molecular weight is 411 g/mol. The molecular weight excluding hydrogens is 380 g/mol. The predicted octanol–water partition coefficient (Wildman–Crippen LogP) is 4.76. The quantitative estimate of drug-likeness (QED) is 0.552. The number of nitrogens with zero attached hydrogens (tertiary/aromatic N) is 2. The summed E-state index contributed by atoms with van der Waals surface area (Å²) in [6.07, 6.45) is 5.75. The smallest absolute Gasteiger partial charge is 0.0840 e. The van der Waals surface area contributed by atoms with Crippen molar-refractivity contribution in [2.24, 2.45) is 0 Å². The topological polar surface area (TPSA) is 52.0 Å². The molecule has 1 aromatic heterocycles. The van der Waals surface area contributed by atoms with E-state index in [1.165, 1.54) is 16.7 Å². The Morgan fingerprint density at radius 2 is 1.77 bits per heavy atom. The van der Waals surface area contributed by atoms with Crippen LogP contribution in [-0.4, -0.2) is 35.7 Å². The minimum absolute atomic E-state index is 0.292. The number of hydrogen-bond donors (Lipinski definition) is 2. The summed E-state index contributed by atoms with van der Waals surface area (Å²) in [5.74, 6) is 0. The minimum Gasteiger partial charge on any atom is -0.380 e. The van der Waals surface area contributed by atoms with Gasteiger partial charge >= 0.3 is 0 Å². The van der Waals surface area contributed by atoms with E-state index in [1.807, 2.05) is 19.3 Å². The maximum absolute atomic E-state index is 8.81. The van der Waals surface area contributed by atoms with Crippen LogP contribution in [0.2, 0.25) is 0 Å². The first-order valence-electron chi connectivity index (χ1n) is 10.7. The number of aryl methyl sites for hydroxylation is 1. The molecule has 0 saturated heterocycles. The molecule has 0 bridgehead atoms. The van der Waals surface area contributed by atoms with Gasteiger partial charge in [-0.05, 0) is 73.8 Å². The van der Waals surface area contributed by atoms with Gasteiger partial charge in [0.15, 0.2) is 0 Å². The highest BCUT2D eigenvalue weighted by molar-refractivity contribution is 6.11. The molecule has 0 unspecified atom stereocenters. The van der Waals surface area contributed by atoms with Crippen molar-refractivity contribution in [1.29, 1.82) is 5.41 Å². The van der Waals surface area contributed by atoms with Crippen molar-refractivity contribution < 1.29 is 0 Å². The second kappa shape index (κ2) is 8.86. The molecule has 1 aliphatic rings. The van der Waals surface area contributed by atoms with Gasteiger partial charge in [-0.25, -0.2) is 0 Å². The van der Waals surface area contributed by atoms with E-state index in [-0.39, 0.29) is 0 Å². The summed E-state index contributed by atoms with van der Waals surface area (Å²) in [5.41, 5.74) is 9.20. The molecule has 0 amide bonds. The Morgan fingerprint density at radius 3 is 2.45 bits per heavy atom. The fourth-order valence-corrected chi connectivity index (χ4v) is 4.31. The largest absolute Gasteiger partial charge is 0.380 e. The van der Waals surface area contributed by atoms with Crippen molar-refractivity contribution in [2.45, 2.75) is 32.4 Å². The summed E-state index contributed by atoms with van der Waals surface area (Å²) in [6, 6.07) is 17.3. The first kappa shape index (κ1) is 21.0. The highest BCUT2D eigenvalue weighted by atomic mass is 15.0. The second-order valence-corrected chi connectivity index (χ2v) is 8.72. The molecule has 1 aliphatic carbocycles. The van der Waals surface area contributed by atoms with E-state index in [4.69, 9.17) is 5.41 Å². The van der Waals surface area contributed by atoms with E-state index in [1.54, 1.807) is 0 Å². The van der Waals surface area contributed by atoms with Crippen LogP contribution in [0.3, 0.4) is 0 Å². The minimum atomic E-state index is 0.292. The third-order valence-electron chi connectivity index (χ3n) is 5.87. The molecule has 1 heterocycles. The maximum Gasteiger partial charge on any atom is 0.0840 e. The molecule has 0 spiro atoms. The summed E-state index contributed by atoms with van der Waals surface area (Å²) in [6.45, 7) is 7.09. The van der Waals surface area contributed by atoms with Crippen molar-refractivity contribution in [3.63, 3.8) is 0 Å². The highest BCUT2D eigenvalue weighted by Gasteiger charge is 2.22. The van der Waals surface area contributed by atoms with Gasteiger partial charge in [0.25, 0.3) is 0 Å². The van der Waals surface area contributed by atoms with Gasteiger partial charge in [-0.3, -0.25) is 10.4 Å². The Morgan fingerprint density at radius 1 is 1.06 bits per heavy atom. The van der Waals surface area contributed by atoms with E-state index in [2.05, 4.69) is 84.4 Å². The second-order valence-electron chi connectivity index (χ2n) is 8.72. The Kier molecular flexibility index (Phi) is 6.01. The highest BCUT2D eigenvalue weighted by Crippen LogP contribution is 2.26. The zero-order chi connectivity index (χ0) is 22.0. The standard InChI is InChI=1S/C27H30N4/c1-18-9-10-23(24-11-20(15-29-16-24)17-31(3)4)14-26(18)27(28)19(2)30-25-12-21-7-5-6-8-22(21)13-25/h5-11,14-16,25,28,30H,2,12-13,17H2,1,3-4H3. The van der Waals surface area contributed by atoms with Crippen molar-refractivity contribution >= 4 is 5.71 Å². The van der Waals surface area contributed by atoms with Crippen molar-refractivity contribution in [3.05, 3.63) is 101 Å². The molecule has 0 radical (unpaired) electrons. The van der Waals surface area contributed by atoms with Gasteiger partial charge in [0.05, 0.1) is 11.4 Å².